The Morgan fingerprint density at radius 2 is 1.56 bits per heavy atom. The maximum absolute atomic E-state index is 13.5. The zero-order valence-corrected chi connectivity index (χ0v) is 20.1. The van der Waals surface area contributed by atoms with E-state index in [-0.39, 0.29) is 11.5 Å². The summed E-state index contributed by atoms with van der Waals surface area (Å²) in [6, 6.07) is 26.1. The third-order valence-corrected chi connectivity index (χ3v) is 7.63. The van der Waals surface area contributed by atoms with Crippen molar-refractivity contribution < 1.29 is 17.9 Å². The van der Waals surface area contributed by atoms with Crippen LogP contribution >= 0.6 is 0 Å². The molecule has 1 aliphatic heterocycles. The first kappa shape index (κ1) is 23.9. The number of nitrogens with zero attached hydrogens (tertiary/aromatic N) is 1. The first-order valence-electron chi connectivity index (χ1n) is 11.4. The van der Waals surface area contributed by atoms with E-state index in [2.05, 4.69) is 0 Å². The van der Waals surface area contributed by atoms with E-state index in [1.165, 1.54) is 11.5 Å². The van der Waals surface area contributed by atoms with Gasteiger partial charge in [0.2, 0.25) is 0 Å². The van der Waals surface area contributed by atoms with Gasteiger partial charge < -0.3 is 4.74 Å². The summed E-state index contributed by atoms with van der Waals surface area (Å²) in [7, 11) is -3.71. The van der Waals surface area contributed by atoms with Gasteiger partial charge in [0.1, 0.15) is 12.1 Å². The van der Waals surface area contributed by atoms with Gasteiger partial charge in [-0.25, -0.2) is 13.2 Å². The molecule has 0 aliphatic carbocycles. The Labute approximate surface area is 201 Å². The van der Waals surface area contributed by atoms with E-state index >= 15 is 0 Å². The van der Waals surface area contributed by atoms with Crippen molar-refractivity contribution in [3.8, 4) is 0 Å². The van der Waals surface area contributed by atoms with E-state index in [0.29, 0.717) is 19.5 Å². The molecule has 0 amide bonds. The number of esters is 1. The molecule has 3 aromatic rings. The first-order chi connectivity index (χ1) is 16.4. The first-order valence-corrected chi connectivity index (χ1v) is 12.9. The van der Waals surface area contributed by atoms with E-state index in [1.807, 2.05) is 72.5 Å². The Kier molecular flexibility index (Phi) is 7.29. The van der Waals surface area contributed by atoms with Crippen molar-refractivity contribution in [3.05, 3.63) is 113 Å². The molecule has 0 bridgehead atoms. The van der Waals surface area contributed by atoms with E-state index in [4.69, 9.17) is 4.74 Å². The van der Waals surface area contributed by atoms with Crippen LogP contribution in [-0.2, 0) is 32.5 Å². The summed E-state index contributed by atoms with van der Waals surface area (Å²) in [5.74, 6) is -0.430. The minimum absolute atomic E-state index is 0.138. The number of likely N-dealkylation sites (tertiary alicyclic amines) is 1. The minimum Gasteiger partial charge on any atom is -0.459 e. The van der Waals surface area contributed by atoms with Crippen molar-refractivity contribution in [1.82, 2.24) is 4.90 Å². The van der Waals surface area contributed by atoms with E-state index < -0.39 is 21.3 Å². The molecule has 1 heterocycles. The molecule has 0 N–H and O–H groups in total. The topological polar surface area (TPSA) is 63.7 Å². The van der Waals surface area contributed by atoms with Gasteiger partial charge in [-0.1, -0.05) is 78.4 Å². The summed E-state index contributed by atoms with van der Waals surface area (Å²) in [5, 5.41) is 1.17. The molecule has 1 saturated heterocycles. The molecule has 1 atom stereocenters. The highest BCUT2D eigenvalue weighted by molar-refractivity contribution is 7.94. The molecule has 1 fully saturated rings. The summed E-state index contributed by atoms with van der Waals surface area (Å²) in [5.41, 5.74) is 1.77. The second-order valence-electron chi connectivity index (χ2n) is 8.66. The lowest BCUT2D eigenvalue weighted by atomic mass is 9.95. The van der Waals surface area contributed by atoms with E-state index in [0.717, 1.165) is 23.1 Å². The van der Waals surface area contributed by atoms with Gasteiger partial charge in [-0.05, 0) is 55.6 Å². The molecule has 0 unspecified atom stereocenters. The van der Waals surface area contributed by atoms with Crippen LogP contribution in [0.3, 0.4) is 0 Å². The van der Waals surface area contributed by atoms with Crippen molar-refractivity contribution in [2.45, 2.75) is 43.4 Å². The molecule has 176 valence electrons. The lowest BCUT2D eigenvalue weighted by Gasteiger charge is -2.34. The fourth-order valence-electron chi connectivity index (χ4n) is 4.27. The lowest BCUT2D eigenvalue weighted by Crippen LogP contribution is -2.49. The average Bonchev–Trinajstić information content (AvgIpc) is 3.26. The summed E-state index contributed by atoms with van der Waals surface area (Å²) >= 11 is 0. The third kappa shape index (κ3) is 5.46. The number of aryl methyl sites for hydroxylation is 1. The summed E-state index contributed by atoms with van der Waals surface area (Å²) in [4.78, 5) is 15.8. The maximum atomic E-state index is 13.5. The molecule has 34 heavy (non-hydrogen) atoms. The van der Waals surface area contributed by atoms with Gasteiger partial charge in [-0.15, -0.1) is 0 Å². The zero-order valence-electron chi connectivity index (χ0n) is 19.3. The van der Waals surface area contributed by atoms with Gasteiger partial charge in [0.15, 0.2) is 9.84 Å². The fraction of sp³-hybridized carbons (Fsp3) is 0.250. The number of carbonyl (C=O) groups excluding carboxylic acids is 1. The quantitative estimate of drug-likeness (QED) is 0.426. The smallest absolute Gasteiger partial charge is 0.330 e. The number of benzene rings is 3. The van der Waals surface area contributed by atoms with Crippen LogP contribution in [0.15, 0.2) is 101 Å². The molecule has 5 nitrogen and oxygen atoms in total. The van der Waals surface area contributed by atoms with Crippen molar-refractivity contribution in [2.75, 3.05) is 6.54 Å². The van der Waals surface area contributed by atoms with Crippen molar-refractivity contribution in [1.29, 1.82) is 0 Å². The summed E-state index contributed by atoms with van der Waals surface area (Å²) < 4.78 is 31.8. The van der Waals surface area contributed by atoms with E-state index in [9.17, 15) is 13.2 Å². The molecule has 0 radical (unpaired) electrons. The van der Waals surface area contributed by atoms with Crippen molar-refractivity contribution >= 4 is 15.8 Å². The van der Waals surface area contributed by atoms with Crippen LogP contribution in [0.4, 0.5) is 0 Å². The molecule has 0 aromatic heterocycles. The van der Waals surface area contributed by atoms with Crippen LogP contribution in [0.25, 0.3) is 0 Å². The molecular formula is C28H29NO4S. The number of ether oxygens (including phenoxy) is 1. The second-order valence-corrected chi connectivity index (χ2v) is 10.5. The Bertz CT molecular complexity index is 1240. The number of hydrogen-bond donors (Lipinski definition) is 0. The van der Waals surface area contributed by atoms with Gasteiger partial charge in [0.05, 0.1) is 4.90 Å². The predicted octanol–water partition coefficient (Wildman–Crippen LogP) is 5.06. The van der Waals surface area contributed by atoms with Gasteiger partial charge in [0, 0.05) is 12.0 Å². The molecule has 1 aliphatic rings. The Morgan fingerprint density at radius 3 is 2.21 bits per heavy atom. The maximum Gasteiger partial charge on any atom is 0.330 e. The Balaban J connectivity index is 1.64. The fourth-order valence-corrected chi connectivity index (χ4v) is 5.34. The minimum atomic E-state index is -3.71. The molecule has 6 heteroatoms. The molecule has 3 aromatic carbocycles. The van der Waals surface area contributed by atoms with Crippen LogP contribution in [0, 0.1) is 6.92 Å². The highest BCUT2D eigenvalue weighted by Crippen LogP contribution is 2.35. The van der Waals surface area contributed by atoms with Crippen molar-refractivity contribution in [3.63, 3.8) is 0 Å². The van der Waals surface area contributed by atoms with Crippen LogP contribution < -0.4 is 0 Å². The van der Waals surface area contributed by atoms with Gasteiger partial charge >= 0.3 is 5.97 Å². The second kappa shape index (κ2) is 10.4. The molecule has 4 rings (SSSR count). The van der Waals surface area contributed by atoms with Gasteiger partial charge in [-0.2, -0.15) is 0 Å². The van der Waals surface area contributed by atoms with Crippen molar-refractivity contribution in [2.24, 2.45) is 0 Å². The Hall–Kier alpha value is -3.22. The largest absolute Gasteiger partial charge is 0.459 e. The zero-order chi connectivity index (χ0) is 24.0. The predicted molar refractivity (Wildman–Crippen MR) is 133 cm³/mol. The summed E-state index contributed by atoms with van der Waals surface area (Å²) in [6.07, 6.45) is 2.79. The third-order valence-electron chi connectivity index (χ3n) is 6.21. The van der Waals surface area contributed by atoms with Crippen LogP contribution in [0.5, 0.6) is 0 Å². The van der Waals surface area contributed by atoms with E-state index in [1.54, 1.807) is 24.3 Å². The van der Waals surface area contributed by atoms with Crippen LogP contribution in [0.1, 0.15) is 29.5 Å². The molecular weight excluding hydrogens is 446 g/mol. The molecule has 0 spiro atoms. The average molecular weight is 476 g/mol. The molecule has 0 saturated carbocycles. The standard InChI is InChI=1S/C28H29NO4S/c1-23-13-15-26(16-14-23)34(31,32)20-18-28(27(30)33-22-25-11-6-3-7-12-25)17-8-19-29(28)21-24-9-4-2-5-10-24/h2-7,9-16,18,20H,8,17,19,21-22H2,1H3/b20-18+/t28-/m1/s1. The number of sulfone groups is 1. The number of carbonyl (C=O) groups is 1. The highest BCUT2D eigenvalue weighted by atomic mass is 32.2. The lowest BCUT2D eigenvalue weighted by molar-refractivity contribution is -0.155. The number of hydrogen-bond acceptors (Lipinski definition) is 5. The number of rotatable bonds is 8. The highest BCUT2D eigenvalue weighted by Gasteiger charge is 2.47. The monoisotopic (exact) mass is 475 g/mol. The SMILES string of the molecule is Cc1ccc(S(=O)(=O)/C=C/[C@@]2(C(=O)OCc3ccccc3)CCCN2Cc2ccccc2)cc1. The van der Waals surface area contributed by atoms with Gasteiger partial charge in [-0.3, -0.25) is 4.90 Å². The van der Waals surface area contributed by atoms with Crippen LogP contribution in [0.2, 0.25) is 0 Å². The van der Waals surface area contributed by atoms with Crippen LogP contribution in [-0.4, -0.2) is 31.4 Å². The normalized spacial score (nSPS) is 18.9. The van der Waals surface area contributed by atoms with Gasteiger partial charge in [0.25, 0.3) is 0 Å². The summed E-state index contributed by atoms with van der Waals surface area (Å²) in [6.45, 7) is 3.24. The Morgan fingerprint density at radius 1 is 0.941 bits per heavy atom.